The average molecular weight is 1290 g/mol. The molecule has 0 spiro atoms. The summed E-state index contributed by atoms with van der Waals surface area (Å²) in [7, 11) is 0.684. The number of hydrogen-bond acceptors (Lipinski definition) is 17. The second kappa shape index (κ2) is 29.0. The van der Waals surface area contributed by atoms with Gasteiger partial charge in [0.15, 0.2) is 0 Å². The van der Waals surface area contributed by atoms with E-state index in [-0.39, 0.29) is 61.4 Å². The minimum Gasteiger partial charge on any atom is -0.508 e. The van der Waals surface area contributed by atoms with Crippen molar-refractivity contribution in [3.63, 3.8) is 0 Å². The molecule has 21 heteroatoms. The summed E-state index contributed by atoms with van der Waals surface area (Å²) in [4.78, 5) is 80.3. The number of carbonyl (C=O) groups excluding carboxylic acids is 5. The van der Waals surface area contributed by atoms with Crippen molar-refractivity contribution in [1.29, 1.82) is 0 Å². The molecule has 0 unspecified atom stereocenters. The fraction of sp³-hybridized carbons (Fsp3) is 0.233. The van der Waals surface area contributed by atoms with Gasteiger partial charge in [0.1, 0.15) is 11.5 Å². The van der Waals surface area contributed by atoms with E-state index < -0.39 is 22.1 Å². The molecule has 0 bridgehead atoms. The Labute approximate surface area is 544 Å². The van der Waals surface area contributed by atoms with Crippen LogP contribution < -0.4 is 19.4 Å². The van der Waals surface area contributed by atoms with Crippen LogP contribution in [0, 0.1) is 13.8 Å². The highest BCUT2D eigenvalue weighted by atomic mass is 32.2. The molecule has 6 aliphatic heterocycles. The van der Waals surface area contributed by atoms with Crippen LogP contribution in [0.25, 0.3) is 0 Å². The van der Waals surface area contributed by atoms with Gasteiger partial charge in [-0.25, -0.2) is 9.59 Å². The zero-order valence-corrected chi connectivity index (χ0v) is 53.7. The van der Waals surface area contributed by atoms with Gasteiger partial charge in [-0.2, -0.15) is 8.42 Å². The van der Waals surface area contributed by atoms with Crippen molar-refractivity contribution in [1.82, 2.24) is 0 Å². The normalized spacial score (nSPS) is 16.2. The van der Waals surface area contributed by atoms with Crippen LogP contribution in [0.3, 0.4) is 0 Å². The van der Waals surface area contributed by atoms with Gasteiger partial charge in [0.05, 0.1) is 110 Å². The molecule has 0 radical (unpaired) electrons. The Morgan fingerprint density at radius 2 is 0.936 bits per heavy atom. The van der Waals surface area contributed by atoms with Crippen LogP contribution in [-0.2, 0) is 69.3 Å². The Kier molecular flexibility index (Phi) is 20.5. The van der Waals surface area contributed by atoms with E-state index in [1.165, 1.54) is 43.0 Å². The molecule has 3 atom stereocenters. The Bertz CT molecular complexity index is 4450. The van der Waals surface area contributed by atoms with E-state index in [2.05, 4.69) is 36.6 Å². The molecule has 3 N–H and O–H groups in total. The number of methoxy groups -OCH3 is 3. The van der Waals surface area contributed by atoms with Crippen molar-refractivity contribution in [3.8, 4) is 11.5 Å². The smallest absolute Gasteiger partial charge is 0.337 e. The summed E-state index contributed by atoms with van der Waals surface area (Å²) in [5.74, 6) is -0.113. The first kappa shape index (κ1) is 66.5. The average Bonchev–Trinajstić information content (AvgIpc) is 1.63. The molecule has 8 aromatic rings. The number of phenols is 1. The molecular weight excluding hydrogens is 1220 g/mol. The van der Waals surface area contributed by atoms with Gasteiger partial charge in [-0.15, -0.1) is 0 Å². The molecule has 8 aromatic carbocycles. The number of ether oxygens (including phenoxy) is 3. The first-order chi connectivity index (χ1) is 45.2. The molecule has 482 valence electrons. The maximum Gasteiger partial charge on any atom is 0.337 e. The van der Waals surface area contributed by atoms with E-state index in [4.69, 9.17) is 19.1 Å². The number of aliphatic imine (C=N–C) groups is 3. The standard InChI is InChI=1S/2C17H14N2O2.C17H14N2O.C12H16O5S.C10H12O4/c1-10-6-13-14(8-16(10)20)18-9-12-7-11-4-2-3-5-15(11)19(12)17(13)21;1-21-13-6-7-15-14(9-13)17(20)19-12(10-18-15)8-11-4-2-3-5-16(11)19;1-11-6-7-15-14(8-11)17(20)19-13(10-18-15)9-12-4-2-3-5-16(12)19;1-4-9-5-10(8-17-18(3,14)15)7-11(6-9)12(13)16-2;1-14-10(13)9-3-7(5-11)2-8(4-9)6-12/h2-6,8-9,12,20H,7H2,1H3;2-7,9-10,12H,8H2,1H3;2-8,10,13H,9H2,1H3;5-7H,4,8H2,1-3H3;2-4,11-12H,5-6H2,1H3/t2*12-;13-;;/m000../s1. The maximum atomic E-state index is 12.9. The topological polar surface area (TPSA) is 264 Å². The number of esters is 2. The Morgan fingerprint density at radius 3 is 1.38 bits per heavy atom. The molecule has 6 heterocycles. The molecule has 0 aromatic heterocycles. The minimum absolute atomic E-state index is 0.00621. The van der Waals surface area contributed by atoms with E-state index in [9.17, 15) is 37.5 Å². The predicted molar refractivity (Wildman–Crippen MR) is 360 cm³/mol. The lowest BCUT2D eigenvalue weighted by atomic mass is 10.0. The highest BCUT2D eigenvalue weighted by molar-refractivity contribution is 7.85. The van der Waals surface area contributed by atoms with Gasteiger partial charge in [0.25, 0.3) is 27.8 Å². The lowest BCUT2D eigenvalue weighted by Crippen LogP contribution is -2.37. The Balaban J connectivity index is 0.000000129. The largest absolute Gasteiger partial charge is 0.508 e. The number of hydrogen-bond donors (Lipinski definition) is 3. The molecule has 3 amide bonds. The third-order valence-corrected chi connectivity index (χ3v) is 16.9. The van der Waals surface area contributed by atoms with Gasteiger partial charge in [-0.3, -0.25) is 48.2 Å². The number of anilines is 3. The van der Waals surface area contributed by atoms with Crippen LogP contribution >= 0.6 is 0 Å². The summed E-state index contributed by atoms with van der Waals surface area (Å²) in [6, 6.07) is 48.4. The van der Waals surface area contributed by atoms with Gasteiger partial charge < -0.3 is 29.5 Å². The van der Waals surface area contributed by atoms with Crippen molar-refractivity contribution in [2.45, 2.75) is 84.4 Å². The van der Waals surface area contributed by atoms with Crippen molar-refractivity contribution in [2.24, 2.45) is 15.0 Å². The summed E-state index contributed by atoms with van der Waals surface area (Å²) in [5.41, 5.74) is 15.6. The highest BCUT2D eigenvalue weighted by Gasteiger charge is 2.39. The highest BCUT2D eigenvalue weighted by Crippen LogP contribution is 2.41. The number of aromatic hydroxyl groups is 1. The fourth-order valence-corrected chi connectivity index (χ4v) is 12.1. The van der Waals surface area contributed by atoms with Crippen LogP contribution in [-0.4, -0.2) is 118 Å². The van der Waals surface area contributed by atoms with E-state index in [0.717, 1.165) is 65.8 Å². The molecule has 14 rings (SSSR count). The molecule has 0 saturated heterocycles. The zero-order valence-electron chi connectivity index (χ0n) is 52.8. The number of aliphatic hydroxyl groups is 2. The number of rotatable bonds is 9. The van der Waals surface area contributed by atoms with Crippen LogP contribution in [0.15, 0.2) is 173 Å². The molecule has 6 aliphatic rings. The monoisotopic (exact) mass is 1290 g/mol. The predicted octanol–water partition coefficient (Wildman–Crippen LogP) is 11.2. The lowest BCUT2D eigenvalue weighted by Gasteiger charge is -2.21. The number of carbonyl (C=O) groups is 5. The van der Waals surface area contributed by atoms with Crippen molar-refractivity contribution >= 4 is 92.5 Å². The molecule has 0 aliphatic carbocycles. The number of para-hydroxylation sites is 3. The van der Waals surface area contributed by atoms with Crippen LogP contribution in [0.5, 0.6) is 11.5 Å². The Morgan fingerprint density at radius 1 is 0.521 bits per heavy atom. The van der Waals surface area contributed by atoms with Crippen molar-refractivity contribution in [3.05, 3.63) is 236 Å². The van der Waals surface area contributed by atoms with Crippen LogP contribution in [0.4, 0.5) is 34.1 Å². The first-order valence-electron chi connectivity index (χ1n) is 30.2. The first-order valence-corrected chi connectivity index (χ1v) is 32.0. The number of aliphatic hydroxyl groups excluding tert-OH is 2. The van der Waals surface area contributed by atoms with E-state index in [1.807, 2.05) is 127 Å². The van der Waals surface area contributed by atoms with Gasteiger partial charge in [-0.1, -0.05) is 85.3 Å². The van der Waals surface area contributed by atoms with Gasteiger partial charge in [0.2, 0.25) is 0 Å². The minimum atomic E-state index is -3.50. The number of fused-ring (bicyclic) bond motifs is 12. The molecule has 0 fully saturated rings. The molecule has 94 heavy (non-hydrogen) atoms. The number of amides is 3. The third-order valence-electron chi connectivity index (χ3n) is 16.4. The van der Waals surface area contributed by atoms with Crippen molar-refractivity contribution < 1.29 is 66.1 Å². The van der Waals surface area contributed by atoms with Crippen molar-refractivity contribution in [2.75, 3.05) is 42.3 Å². The van der Waals surface area contributed by atoms with E-state index in [0.29, 0.717) is 67.2 Å². The number of benzene rings is 8. The SMILES string of the molecule is CCc1cc(COS(C)(=O)=O)cc(C(=O)OC)c1.COC(=O)c1cc(CO)cc(CO)c1.COc1ccc2c(c1)C(=O)N1c3ccccc3C[C@H]1C=N2.Cc1cc2c(cc1O)N=C[C@@H]1Cc3ccccc3N1C2=O.Cc1ccc2c(c1)C(=O)N1c3ccccc3C[C@H]1C=N2. The summed E-state index contributed by atoms with van der Waals surface area (Å²) < 4.78 is 40.9. The number of nitrogens with zero attached hydrogens (tertiary/aromatic N) is 6. The maximum absolute atomic E-state index is 12.9. The quantitative estimate of drug-likeness (QED) is 0.0897. The second-order valence-electron chi connectivity index (χ2n) is 22.8. The summed E-state index contributed by atoms with van der Waals surface area (Å²) >= 11 is 0. The third kappa shape index (κ3) is 14.7. The summed E-state index contributed by atoms with van der Waals surface area (Å²) in [6.07, 6.45) is 9.74. The van der Waals surface area contributed by atoms with Gasteiger partial charge in [-0.05, 0) is 144 Å². The van der Waals surface area contributed by atoms with E-state index >= 15 is 0 Å². The lowest BCUT2D eigenvalue weighted by molar-refractivity contribution is 0.0591. The summed E-state index contributed by atoms with van der Waals surface area (Å²) in [5, 5.41) is 27.6. The van der Waals surface area contributed by atoms with Crippen LogP contribution in [0.2, 0.25) is 0 Å². The zero-order chi connectivity index (χ0) is 67.0. The van der Waals surface area contributed by atoms with Gasteiger partial charge in [0, 0.05) is 61.0 Å². The Hall–Kier alpha value is -10.5. The summed E-state index contributed by atoms with van der Waals surface area (Å²) in [6.45, 7) is 5.30. The van der Waals surface area contributed by atoms with E-state index in [1.54, 1.807) is 67.6 Å². The van der Waals surface area contributed by atoms with Gasteiger partial charge >= 0.3 is 11.9 Å². The molecular formula is C73H70N6O14S. The molecule has 0 saturated carbocycles. The van der Waals surface area contributed by atoms with Crippen LogP contribution in [0.1, 0.15) is 109 Å². The fourth-order valence-electron chi connectivity index (χ4n) is 11.7. The number of aryl methyl sites for hydroxylation is 3. The number of phenolic OH excluding ortho intramolecular Hbond substituents is 1. The second-order valence-corrected chi connectivity index (χ2v) is 24.5. The molecule has 20 nitrogen and oxygen atoms in total.